The zero-order valence-electron chi connectivity index (χ0n) is 10.2. The van der Waals surface area contributed by atoms with Crippen molar-refractivity contribution in [1.82, 2.24) is 14.7 Å². The molecule has 1 N–H and O–H groups in total. The minimum absolute atomic E-state index is 0.541. The molecule has 4 heteroatoms. The molecule has 0 spiro atoms. The molecule has 1 fully saturated rings. The summed E-state index contributed by atoms with van der Waals surface area (Å²) in [5.41, 5.74) is 3.36. The van der Waals surface area contributed by atoms with Gasteiger partial charge in [0.05, 0.1) is 12.8 Å². The Hall–Kier alpha value is -1.55. The Morgan fingerprint density at radius 3 is 3.12 bits per heavy atom. The number of fused-ring (bicyclic) bond motifs is 1. The zero-order chi connectivity index (χ0) is 11.8. The molecule has 1 aliphatic rings. The molecule has 0 aromatic carbocycles. The molecule has 2 aromatic rings. The van der Waals surface area contributed by atoms with Crippen LogP contribution < -0.4 is 10.1 Å². The van der Waals surface area contributed by atoms with E-state index in [9.17, 15) is 0 Å². The summed E-state index contributed by atoms with van der Waals surface area (Å²) in [6, 6.07) is 3.95. The van der Waals surface area contributed by atoms with Gasteiger partial charge in [0.2, 0.25) is 0 Å². The van der Waals surface area contributed by atoms with Gasteiger partial charge in [-0.2, -0.15) is 0 Å². The van der Waals surface area contributed by atoms with Gasteiger partial charge in [-0.05, 0) is 32.0 Å². The van der Waals surface area contributed by atoms with Crippen molar-refractivity contribution in [3.63, 3.8) is 0 Å². The lowest BCUT2D eigenvalue weighted by Crippen LogP contribution is -2.08. The summed E-state index contributed by atoms with van der Waals surface area (Å²) < 4.78 is 7.48. The molecule has 0 bridgehead atoms. The molecule has 1 unspecified atom stereocenters. The first kappa shape index (κ1) is 10.6. The Labute approximate surface area is 101 Å². The van der Waals surface area contributed by atoms with E-state index in [1.165, 1.54) is 17.8 Å². The lowest BCUT2D eigenvalue weighted by Gasteiger charge is -2.05. The maximum atomic E-state index is 5.36. The summed E-state index contributed by atoms with van der Waals surface area (Å²) in [5, 5.41) is 3.39. The lowest BCUT2D eigenvalue weighted by molar-refractivity contribution is 0.417. The predicted molar refractivity (Wildman–Crippen MR) is 66.7 cm³/mol. The molecular formula is C13H17N3O. The second-order valence-electron chi connectivity index (χ2n) is 4.54. The highest BCUT2D eigenvalue weighted by molar-refractivity contribution is 5.56. The molecule has 1 aliphatic heterocycles. The number of methoxy groups -OCH3 is 1. The maximum absolute atomic E-state index is 5.36. The van der Waals surface area contributed by atoms with E-state index >= 15 is 0 Å². The molecule has 90 valence electrons. The number of hydrogen-bond donors (Lipinski definition) is 1. The van der Waals surface area contributed by atoms with E-state index in [0.717, 1.165) is 24.5 Å². The van der Waals surface area contributed by atoms with Crippen LogP contribution in [0.25, 0.3) is 5.65 Å². The first-order valence-electron chi connectivity index (χ1n) is 6.03. The molecule has 0 aliphatic carbocycles. The van der Waals surface area contributed by atoms with Gasteiger partial charge in [-0.15, -0.1) is 0 Å². The van der Waals surface area contributed by atoms with Crippen LogP contribution in [0.3, 0.4) is 0 Å². The minimum atomic E-state index is 0.541. The summed E-state index contributed by atoms with van der Waals surface area (Å²) in [7, 11) is 1.69. The summed E-state index contributed by atoms with van der Waals surface area (Å²) >= 11 is 0. The standard InChI is InChI=1S/C13H17N3O/c1-9-12(10-5-6-14-8-10)15-13-11(17-2)4-3-7-16(9)13/h3-4,7,10,14H,5-6,8H2,1-2H3. The number of nitrogens with one attached hydrogen (secondary N) is 1. The second-order valence-corrected chi connectivity index (χ2v) is 4.54. The number of imidazole rings is 1. The van der Waals surface area contributed by atoms with Crippen molar-refractivity contribution < 1.29 is 4.74 Å². The Kier molecular flexibility index (Phi) is 2.52. The molecule has 0 saturated carbocycles. The van der Waals surface area contributed by atoms with E-state index < -0.39 is 0 Å². The van der Waals surface area contributed by atoms with E-state index in [4.69, 9.17) is 9.72 Å². The number of hydrogen-bond acceptors (Lipinski definition) is 3. The molecular weight excluding hydrogens is 214 g/mol. The van der Waals surface area contributed by atoms with Crippen molar-refractivity contribution in [2.75, 3.05) is 20.2 Å². The first-order chi connectivity index (χ1) is 8.31. The summed E-state index contributed by atoms with van der Waals surface area (Å²) in [6.07, 6.45) is 3.22. The quantitative estimate of drug-likeness (QED) is 0.855. The maximum Gasteiger partial charge on any atom is 0.180 e. The smallest absolute Gasteiger partial charge is 0.180 e. The van der Waals surface area contributed by atoms with Gasteiger partial charge in [0.1, 0.15) is 0 Å². The first-order valence-corrected chi connectivity index (χ1v) is 6.03. The fourth-order valence-electron chi connectivity index (χ4n) is 2.61. The van der Waals surface area contributed by atoms with E-state index in [1.54, 1.807) is 7.11 Å². The van der Waals surface area contributed by atoms with Crippen LogP contribution >= 0.6 is 0 Å². The molecule has 1 atom stereocenters. The second kappa shape index (κ2) is 4.04. The Balaban J connectivity index is 2.16. The van der Waals surface area contributed by atoms with Crippen LogP contribution in [0.15, 0.2) is 18.3 Å². The van der Waals surface area contributed by atoms with Crippen molar-refractivity contribution >= 4 is 5.65 Å². The number of rotatable bonds is 2. The van der Waals surface area contributed by atoms with Crippen molar-refractivity contribution in [2.45, 2.75) is 19.3 Å². The van der Waals surface area contributed by atoms with Crippen molar-refractivity contribution in [2.24, 2.45) is 0 Å². The fourth-order valence-corrected chi connectivity index (χ4v) is 2.61. The minimum Gasteiger partial charge on any atom is -0.493 e. The molecule has 3 rings (SSSR count). The van der Waals surface area contributed by atoms with Gasteiger partial charge < -0.3 is 14.5 Å². The molecule has 2 aromatic heterocycles. The number of pyridine rings is 1. The van der Waals surface area contributed by atoms with Gasteiger partial charge in [0.25, 0.3) is 0 Å². The zero-order valence-corrected chi connectivity index (χ0v) is 10.2. The molecule has 3 heterocycles. The third-order valence-corrected chi connectivity index (χ3v) is 3.56. The van der Waals surface area contributed by atoms with Gasteiger partial charge in [-0.3, -0.25) is 0 Å². The fraction of sp³-hybridized carbons (Fsp3) is 0.462. The van der Waals surface area contributed by atoms with Gasteiger partial charge >= 0.3 is 0 Å². The molecule has 1 saturated heterocycles. The SMILES string of the molecule is COc1cccn2c(C)c(C3CCNC3)nc12. The van der Waals surface area contributed by atoms with Crippen molar-refractivity contribution in [3.05, 3.63) is 29.7 Å². The number of aryl methyl sites for hydroxylation is 1. The largest absolute Gasteiger partial charge is 0.493 e. The van der Waals surface area contributed by atoms with E-state index in [1.807, 2.05) is 18.3 Å². The lowest BCUT2D eigenvalue weighted by atomic mass is 10.0. The summed E-state index contributed by atoms with van der Waals surface area (Å²) in [6.45, 7) is 4.26. The molecule has 17 heavy (non-hydrogen) atoms. The highest BCUT2D eigenvalue weighted by Gasteiger charge is 2.23. The topological polar surface area (TPSA) is 38.6 Å². The van der Waals surface area contributed by atoms with Crippen LogP contribution in [0.4, 0.5) is 0 Å². The monoisotopic (exact) mass is 231 g/mol. The van der Waals surface area contributed by atoms with E-state index in [-0.39, 0.29) is 0 Å². The van der Waals surface area contributed by atoms with Crippen LogP contribution in [0.1, 0.15) is 23.7 Å². The van der Waals surface area contributed by atoms with Crippen molar-refractivity contribution in [3.8, 4) is 5.75 Å². The predicted octanol–water partition coefficient (Wildman–Crippen LogP) is 1.73. The number of aromatic nitrogens is 2. The van der Waals surface area contributed by atoms with E-state index in [0.29, 0.717) is 5.92 Å². The van der Waals surface area contributed by atoms with Gasteiger partial charge in [0, 0.05) is 24.4 Å². The molecule has 0 amide bonds. The number of nitrogens with zero attached hydrogens (tertiary/aromatic N) is 2. The Bertz CT molecular complexity index is 541. The van der Waals surface area contributed by atoms with Gasteiger partial charge in [-0.1, -0.05) is 0 Å². The van der Waals surface area contributed by atoms with Crippen LogP contribution in [-0.2, 0) is 0 Å². The van der Waals surface area contributed by atoms with Crippen LogP contribution in [0.2, 0.25) is 0 Å². The Morgan fingerprint density at radius 2 is 2.41 bits per heavy atom. The summed E-state index contributed by atoms with van der Waals surface area (Å²) in [4.78, 5) is 4.76. The average Bonchev–Trinajstić information content (AvgIpc) is 2.97. The van der Waals surface area contributed by atoms with Gasteiger partial charge in [-0.25, -0.2) is 4.98 Å². The van der Waals surface area contributed by atoms with Crippen LogP contribution in [-0.4, -0.2) is 29.6 Å². The Morgan fingerprint density at radius 1 is 1.53 bits per heavy atom. The highest BCUT2D eigenvalue weighted by atomic mass is 16.5. The number of ether oxygens (including phenoxy) is 1. The van der Waals surface area contributed by atoms with E-state index in [2.05, 4.69) is 16.6 Å². The third-order valence-electron chi connectivity index (χ3n) is 3.56. The third kappa shape index (κ3) is 1.60. The molecule has 0 radical (unpaired) electrons. The van der Waals surface area contributed by atoms with Crippen LogP contribution in [0, 0.1) is 6.92 Å². The summed E-state index contributed by atoms with van der Waals surface area (Å²) in [5.74, 6) is 1.38. The highest BCUT2D eigenvalue weighted by Crippen LogP contribution is 2.28. The van der Waals surface area contributed by atoms with Crippen molar-refractivity contribution in [1.29, 1.82) is 0 Å². The molecule has 4 nitrogen and oxygen atoms in total. The average molecular weight is 231 g/mol. The normalized spacial score (nSPS) is 20.0. The van der Waals surface area contributed by atoms with Crippen LogP contribution in [0.5, 0.6) is 5.75 Å². The van der Waals surface area contributed by atoms with Gasteiger partial charge in [0.15, 0.2) is 11.4 Å².